The maximum absolute atomic E-state index is 12.4. The van der Waals surface area contributed by atoms with Crippen molar-refractivity contribution < 1.29 is 23.9 Å². The summed E-state index contributed by atoms with van der Waals surface area (Å²) >= 11 is 13.1. The van der Waals surface area contributed by atoms with Gasteiger partial charge in [-0.1, -0.05) is 29.3 Å². The average molecular weight is 456 g/mol. The lowest BCUT2D eigenvalue weighted by molar-refractivity contribution is -0.111. The first-order valence-corrected chi connectivity index (χ1v) is 10.3. The van der Waals surface area contributed by atoms with Gasteiger partial charge in [0.15, 0.2) is 0 Å². The summed E-state index contributed by atoms with van der Waals surface area (Å²) in [6, 6.07) is 5.00. The lowest BCUT2D eigenvalue weighted by Crippen LogP contribution is -2.13. The van der Waals surface area contributed by atoms with Gasteiger partial charge in [0.05, 0.1) is 18.8 Å². The van der Waals surface area contributed by atoms with Gasteiger partial charge in [-0.15, -0.1) is 11.3 Å². The predicted octanol–water partition coefficient (Wildman–Crippen LogP) is 5.37. The Bertz CT molecular complexity index is 948. The van der Waals surface area contributed by atoms with Crippen LogP contribution in [-0.2, 0) is 14.3 Å². The van der Waals surface area contributed by atoms with Gasteiger partial charge in [-0.05, 0) is 44.5 Å². The predicted molar refractivity (Wildman–Crippen MR) is 115 cm³/mol. The van der Waals surface area contributed by atoms with Gasteiger partial charge in [0.25, 0.3) is 0 Å². The van der Waals surface area contributed by atoms with Crippen molar-refractivity contribution in [2.75, 3.05) is 18.5 Å². The highest BCUT2D eigenvalue weighted by atomic mass is 35.5. The summed E-state index contributed by atoms with van der Waals surface area (Å²) in [4.78, 5) is 37.2. The number of carbonyl (C=O) groups excluding carboxylic acids is 3. The van der Waals surface area contributed by atoms with Crippen LogP contribution < -0.4 is 5.32 Å². The molecule has 0 saturated carbocycles. The van der Waals surface area contributed by atoms with E-state index in [-0.39, 0.29) is 28.7 Å². The average Bonchev–Trinajstić information content (AvgIpc) is 2.97. The molecule has 2 aromatic rings. The fraction of sp³-hybridized carbons (Fsp3) is 0.250. The van der Waals surface area contributed by atoms with Gasteiger partial charge >= 0.3 is 11.9 Å². The van der Waals surface area contributed by atoms with E-state index in [2.05, 4.69) is 5.32 Å². The molecule has 9 heteroatoms. The lowest BCUT2D eigenvalue weighted by Gasteiger charge is -2.06. The number of rotatable bonds is 7. The molecule has 0 saturated heterocycles. The molecule has 2 rings (SSSR count). The fourth-order valence-corrected chi connectivity index (χ4v) is 4.04. The molecule has 1 amide bonds. The van der Waals surface area contributed by atoms with Crippen LogP contribution in [0.25, 0.3) is 6.08 Å². The Morgan fingerprint density at radius 1 is 1.07 bits per heavy atom. The van der Waals surface area contributed by atoms with Crippen molar-refractivity contribution in [1.29, 1.82) is 0 Å². The van der Waals surface area contributed by atoms with Gasteiger partial charge in [-0.2, -0.15) is 0 Å². The molecule has 0 spiro atoms. The molecule has 0 unspecified atom stereocenters. The van der Waals surface area contributed by atoms with Crippen molar-refractivity contribution >= 4 is 63.5 Å². The van der Waals surface area contributed by atoms with E-state index in [1.807, 2.05) is 0 Å². The van der Waals surface area contributed by atoms with Gasteiger partial charge in [0.1, 0.15) is 9.88 Å². The number of anilines is 1. The number of ether oxygens (including phenoxy) is 2. The molecule has 0 bridgehead atoms. The Labute approximate surface area is 182 Å². The van der Waals surface area contributed by atoms with Gasteiger partial charge in [0.2, 0.25) is 5.91 Å². The maximum atomic E-state index is 12.4. The van der Waals surface area contributed by atoms with Crippen molar-refractivity contribution in [3.8, 4) is 0 Å². The third kappa shape index (κ3) is 5.59. The summed E-state index contributed by atoms with van der Waals surface area (Å²) < 4.78 is 10.1. The van der Waals surface area contributed by atoms with Gasteiger partial charge in [-0.3, -0.25) is 4.79 Å². The molecule has 29 heavy (non-hydrogen) atoms. The van der Waals surface area contributed by atoms with Crippen LogP contribution in [0.1, 0.15) is 45.0 Å². The van der Waals surface area contributed by atoms with E-state index in [1.54, 1.807) is 39.0 Å². The Morgan fingerprint density at radius 3 is 2.24 bits per heavy atom. The number of halogens is 2. The van der Waals surface area contributed by atoms with Crippen LogP contribution >= 0.6 is 34.5 Å². The molecule has 0 aliphatic heterocycles. The summed E-state index contributed by atoms with van der Waals surface area (Å²) in [7, 11) is 0. The topological polar surface area (TPSA) is 81.7 Å². The van der Waals surface area contributed by atoms with Crippen LogP contribution in [-0.4, -0.2) is 31.1 Å². The second kappa shape index (κ2) is 10.4. The minimum atomic E-state index is -0.634. The number of benzene rings is 1. The number of nitrogens with one attached hydrogen (secondary N) is 1. The first-order chi connectivity index (χ1) is 13.8. The van der Waals surface area contributed by atoms with E-state index >= 15 is 0 Å². The van der Waals surface area contributed by atoms with Crippen molar-refractivity contribution in [1.82, 2.24) is 0 Å². The SMILES string of the molecule is CCOC(=O)c1sc(NC(=O)/C=C/c2c(Cl)cccc2Cl)c(C(=O)OCC)c1C. The zero-order chi connectivity index (χ0) is 21.6. The zero-order valence-corrected chi connectivity index (χ0v) is 18.3. The third-order valence-corrected chi connectivity index (χ3v) is 5.57. The number of thiophene rings is 1. The summed E-state index contributed by atoms with van der Waals surface area (Å²) in [6.07, 6.45) is 2.71. The molecule has 154 valence electrons. The highest BCUT2D eigenvalue weighted by Gasteiger charge is 2.27. The van der Waals surface area contributed by atoms with Gasteiger partial charge < -0.3 is 14.8 Å². The molecule has 1 aromatic heterocycles. The second-order valence-corrected chi connectivity index (χ2v) is 7.49. The minimum Gasteiger partial charge on any atom is -0.462 e. The van der Waals surface area contributed by atoms with E-state index in [4.69, 9.17) is 32.7 Å². The Hall–Kier alpha value is -2.35. The normalized spacial score (nSPS) is 10.8. The molecular formula is C20H19Cl2NO5S. The Morgan fingerprint density at radius 2 is 1.66 bits per heavy atom. The second-order valence-electron chi connectivity index (χ2n) is 5.66. The van der Waals surface area contributed by atoms with Crippen LogP contribution in [0.15, 0.2) is 24.3 Å². The number of amides is 1. The zero-order valence-electron chi connectivity index (χ0n) is 16.0. The Kier molecular flexibility index (Phi) is 8.25. The molecule has 0 aliphatic carbocycles. The molecule has 1 heterocycles. The van der Waals surface area contributed by atoms with Crippen LogP contribution in [0.2, 0.25) is 10.0 Å². The molecule has 0 radical (unpaired) electrons. The third-order valence-electron chi connectivity index (χ3n) is 3.72. The van der Waals surface area contributed by atoms with E-state index in [0.29, 0.717) is 21.2 Å². The highest BCUT2D eigenvalue weighted by molar-refractivity contribution is 7.18. The number of carbonyl (C=O) groups is 3. The minimum absolute atomic E-state index is 0.123. The fourth-order valence-electron chi connectivity index (χ4n) is 2.42. The summed E-state index contributed by atoms with van der Waals surface area (Å²) in [5.41, 5.74) is 1.00. The first kappa shape index (κ1) is 22.9. The Balaban J connectivity index is 2.33. The summed E-state index contributed by atoms with van der Waals surface area (Å²) in [5.74, 6) is -1.73. The molecule has 0 atom stereocenters. The van der Waals surface area contributed by atoms with Crippen LogP contribution in [0, 0.1) is 6.92 Å². The molecule has 1 N–H and O–H groups in total. The summed E-state index contributed by atoms with van der Waals surface area (Å²) in [5, 5.41) is 3.60. The molecule has 1 aromatic carbocycles. The van der Waals surface area contributed by atoms with E-state index in [9.17, 15) is 14.4 Å². The van der Waals surface area contributed by atoms with Crippen LogP contribution in [0.3, 0.4) is 0 Å². The van der Waals surface area contributed by atoms with Crippen LogP contribution in [0.5, 0.6) is 0 Å². The monoisotopic (exact) mass is 455 g/mol. The quantitative estimate of drug-likeness (QED) is 0.448. The smallest absolute Gasteiger partial charge is 0.348 e. The standard InChI is InChI=1S/C20H19Cl2NO5S/c1-4-27-19(25)16-11(3)17(20(26)28-5-2)29-18(16)23-15(24)10-9-12-13(21)7-6-8-14(12)22/h6-10H,4-5H2,1-3H3,(H,23,24)/b10-9+. The van der Waals surface area contributed by atoms with E-state index in [0.717, 1.165) is 11.3 Å². The highest BCUT2D eigenvalue weighted by Crippen LogP contribution is 2.34. The van der Waals surface area contributed by atoms with Crippen molar-refractivity contribution in [3.63, 3.8) is 0 Å². The van der Waals surface area contributed by atoms with E-state index in [1.165, 1.54) is 12.2 Å². The molecule has 0 aliphatic rings. The lowest BCUT2D eigenvalue weighted by atomic mass is 10.1. The van der Waals surface area contributed by atoms with Gasteiger partial charge in [-0.25, -0.2) is 9.59 Å². The van der Waals surface area contributed by atoms with Crippen molar-refractivity contribution in [3.05, 3.63) is 55.9 Å². The van der Waals surface area contributed by atoms with Crippen LogP contribution in [0.4, 0.5) is 5.00 Å². The first-order valence-electron chi connectivity index (χ1n) is 8.70. The maximum Gasteiger partial charge on any atom is 0.348 e. The number of hydrogen-bond acceptors (Lipinski definition) is 6. The number of esters is 2. The van der Waals surface area contributed by atoms with Gasteiger partial charge in [0, 0.05) is 21.7 Å². The van der Waals surface area contributed by atoms with E-state index < -0.39 is 17.8 Å². The van der Waals surface area contributed by atoms with Crippen molar-refractivity contribution in [2.45, 2.75) is 20.8 Å². The molecule has 6 nitrogen and oxygen atoms in total. The largest absolute Gasteiger partial charge is 0.462 e. The molecule has 0 fully saturated rings. The number of hydrogen-bond donors (Lipinski definition) is 1. The molecular weight excluding hydrogens is 437 g/mol. The summed E-state index contributed by atoms with van der Waals surface area (Å²) in [6.45, 7) is 5.29. The van der Waals surface area contributed by atoms with Crippen molar-refractivity contribution in [2.24, 2.45) is 0 Å².